The zero-order valence-corrected chi connectivity index (χ0v) is 43.2. The van der Waals surface area contributed by atoms with E-state index >= 15 is 0 Å². The van der Waals surface area contributed by atoms with Crippen molar-refractivity contribution in [1.82, 2.24) is 0 Å². The van der Waals surface area contributed by atoms with Gasteiger partial charge in [0.15, 0.2) is 0 Å². The molecule has 0 amide bonds. The molecule has 0 N–H and O–H groups in total. The van der Waals surface area contributed by atoms with Gasteiger partial charge in [-0.25, -0.2) is 0 Å². The van der Waals surface area contributed by atoms with E-state index in [-0.39, 0.29) is 33.8 Å². The number of anilines is 9. The molecule has 5 heteroatoms. The lowest BCUT2D eigenvalue weighted by Crippen LogP contribution is -2.61. The second kappa shape index (κ2) is 15.5. The van der Waals surface area contributed by atoms with Crippen LogP contribution in [0.2, 0.25) is 0 Å². The highest BCUT2D eigenvalue weighted by atomic mass is 16.3. The highest BCUT2D eigenvalue weighted by Gasteiger charge is 2.50. The average molecular weight is 906 g/mol. The first kappa shape index (κ1) is 45.0. The fourth-order valence-corrected chi connectivity index (χ4v) is 11.7. The van der Waals surface area contributed by atoms with E-state index in [1.165, 1.54) is 55.8 Å². The Morgan fingerprint density at radius 2 is 1.03 bits per heavy atom. The molecular formula is C64H68BN3O. The van der Waals surface area contributed by atoms with Crippen LogP contribution in [0.15, 0.2) is 156 Å². The predicted octanol–water partition coefficient (Wildman–Crippen LogP) is 16.2. The predicted molar refractivity (Wildman–Crippen MR) is 296 cm³/mol. The summed E-state index contributed by atoms with van der Waals surface area (Å²) in [6.07, 6.45) is 2.27. The van der Waals surface area contributed by atoms with Gasteiger partial charge in [0.05, 0.1) is 17.0 Å². The Morgan fingerprint density at radius 1 is 0.493 bits per heavy atom. The van der Waals surface area contributed by atoms with E-state index in [2.05, 4.69) is 256 Å². The van der Waals surface area contributed by atoms with Crippen LogP contribution >= 0.6 is 0 Å². The van der Waals surface area contributed by atoms with Gasteiger partial charge in [-0.2, -0.15) is 0 Å². The normalized spacial score (nSPS) is 15.9. The van der Waals surface area contributed by atoms with Crippen LogP contribution in [0, 0.1) is 0 Å². The van der Waals surface area contributed by atoms with Gasteiger partial charge < -0.3 is 19.1 Å². The van der Waals surface area contributed by atoms with Crippen molar-refractivity contribution < 1.29 is 4.42 Å². The summed E-state index contributed by atoms with van der Waals surface area (Å²) in [6.45, 7) is 30.5. The summed E-state index contributed by atoms with van der Waals surface area (Å²) < 4.78 is 7.50. The Balaban J connectivity index is 1.34. The summed E-state index contributed by atoms with van der Waals surface area (Å²) in [6, 6.07) is 57.3. The highest BCUT2D eigenvalue weighted by molar-refractivity contribution is 7.00. The van der Waals surface area contributed by atoms with E-state index in [0.717, 1.165) is 63.6 Å². The maximum Gasteiger partial charge on any atom is 0.297 e. The second-order valence-corrected chi connectivity index (χ2v) is 24.6. The average Bonchev–Trinajstić information content (AvgIpc) is 3.69. The van der Waals surface area contributed by atoms with Gasteiger partial charge >= 0.3 is 0 Å². The van der Waals surface area contributed by atoms with Crippen molar-refractivity contribution in [2.75, 3.05) is 14.7 Å². The Morgan fingerprint density at radius 3 is 1.61 bits per heavy atom. The molecule has 348 valence electrons. The molecule has 0 fully saturated rings. The van der Waals surface area contributed by atoms with Crippen LogP contribution in [0.3, 0.4) is 0 Å². The first-order valence-corrected chi connectivity index (χ1v) is 25.3. The number of rotatable bonds is 5. The quantitative estimate of drug-likeness (QED) is 0.161. The standard InChI is InChI=1S/C64H68BN3O/c1-60(2,3)41-28-31-45(32-29-41)67-54-37-46(66(43-22-16-14-17-23-43)44-24-18-15-19-25-44)38-55-57(54)65(59-58(67)47-36-42(61(4,5)6)30-33-56(47)69-59)51-39-49-50(64(12,13)35-34-63(49,10)11)40-53(51)68(55)52-27-21-20-26-48(52)62(7,8)9/h14-33,36-40H,34-35H2,1-13H3. The largest absolute Gasteiger partial charge is 0.468 e. The summed E-state index contributed by atoms with van der Waals surface area (Å²) >= 11 is 0. The lowest BCUT2D eigenvalue weighted by molar-refractivity contribution is 0.332. The third-order valence-corrected chi connectivity index (χ3v) is 15.7. The third kappa shape index (κ3) is 7.33. The highest BCUT2D eigenvalue weighted by Crippen LogP contribution is 2.54. The summed E-state index contributed by atoms with van der Waals surface area (Å²) in [4.78, 5) is 7.64. The zero-order valence-electron chi connectivity index (χ0n) is 43.2. The molecule has 0 spiro atoms. The molecular weight excluding hydrogens is 838 g/mol. The fraction of sp³-hybridized carbons (Fsp3) is 0.312. The summed E-state index contributed by atoms with van der Waals surface area (Å²) in [7, 11) is 0. The van der Waals surface area contributed by atoms with E-state index in [1.54, 1.807) is 0 Å². The van der Waals surface area contributed by atoms with Gasteiger partial charge in [-0.1, -0.05) is 169 Å². The number of fused-ring (bicyclic) bond motifs is 7. The van der Waals surface area contributed by atoms with E-state index in [1.807, 2.05) is 0 Å². The van der Waals surface area contributed by atoms with E-state index < -0.39 is 0 Å². The van der Waals surface area contributed by atoms with E-state index in [0.29, 0.717) is 0 Å². The Hall–Kier alpha value is -6.46. The molecule has 7 aromatic carbocycles. The Kier molecular flexibility index (Phi) is 10.1. The van der Waals surface area contributed by atoms with Crippen molar-refractivity contribution in [2.45, 2.75) is 130 Å². The zero-order chi connectivity index (χ0) is 48.6. The maximum atomic E-state index is 7.50. The number of furan rings is 1. The lowest BCUT2D eigenvalue weighted by atomic mass is 9.35. The van der Waals surface area contributed by atoms with Gasteiger partial charge in [-0.05, 0) is 151 Å². The van der Waals surface area contributed by atoms with Gasteiger partial charge in [0.25, 0.3) is 6.71 Å². The topological polar surface area (TPSA) is 22.9 Å². The van der Waals surface area contributed by atoms with Gasteiger partial charge in [-0.3, -0.25) is 0 Å². The van der Waals surface area contributed by atoms with Crippen LogP contribution in [0.5, 0.6) is 0 Å². The molecule has 1 aromatic heterocycles. The minimum atomic E-state index is -0.185. The van der Waals surface area contributed by atoms with Crippen LogP contribution in [-0.2, 0) is 27.1 Å². The van der Waals surface area contributed by atoms with Gasteiger partial charge in [0.2, 0.25) is 0 Å². The Labute approximate surface area is 412 Å². The lowest BCUT2D eigenvalue weighted by Gasteiger charge is -2.47. The van der Waals surface area contributed by atoms with Crippen molar-refractivity contribution in [3.8, 4) is 0 Å². The maximum absolute atomic E-state index is 7.50. The summed E-state index contributed by atoms with van der Waals surface area (Å²) in [5, 5.41) is 1.14. The first-order chi connectivity index (χ1) is 32.6. The van der Waals surface area contributed by atoms with Crippen molar-refractivity contribution in [2.24, 2.45) is 0 Å². The second-order valence-electron chi connectivity index (χ2n) is 24.6. The van der Waals surface area contributed by atoms with E-state index in [4.69, 9.17) is 4.42 Å². The molecule has 3 heterocycles. The van der Waals surface area contributed by atoms with Crippen molar-refractivity contribution in [3.05, 3.63) is 179 Å². The minimum Gasteiger partial charge on any atom is -0.468 e. The first-order valence-electron chi connectivity index (χ1n) is 25.3. The molecule has 11 rings (SSSR count). The smallest absolute Gasteiger partial charge is 0.297 e. The van der Waals surface area contributed by atoms with Gasteiger partial charge in [-0.15, -0.1) is 0 Å². The minimum absolute atomic E-state index is 0.000678. The molecule has 2 aliphatic heterocycles. The van der Waals surface area contributed by atoms with Crippen LogP contribution in [0.4, 0.5) is 51.2 Å². The molecule has 4 nitrogen and oxygen atoms in total. The molecule has 0 atom stereocenters. The van der Waals surface area contributed by atoms with E-state index in [9.17, 15) is 0 Å². The number of hydrogen-bond acceptors (Lipinski definition) is 4. The summed E-state index contributed by atoms with van der Waals surface area (Å²) in [5.41, 5.74) is 21.3. The molecule has 0 saturated carbocycles. The van der Waals surface area contributed by atoms with Crippen molar-refractivity contribution in [1.29, 1.82) is 0 Å². The molecule has 0 bridgehead atoms. The molecule has 1 aliphatic carbocycles. The SMILES string of the molecule is CC(C)(C)c1ccc(N2c3cc(N(c4ccccc4)c4ccccc4)cc4c3B(c3cc5c(cc3N4c3ccccc3C(C)(C)C)C(C)(C)CCC5(C)C)c3oc4ccc(C(C)(C)C)cc4c32)cc1. The summed E-state index contributed by atoms with van der Waals surface area (Å²) in [5.74, 6) is 0. The number of hydrogen-bond donors (Lipinski definition) is 0. The van der Waals surface area contributed by atoms with Crippen LogP contribution in [0.25, 0.3) is 11.0 Å². The molecule has 0 unspecified atom stereocenters. The van der Waals surface area contributed by atoms with Gasteiger partial charge in [0, 0.05) is 45.2 Å². The third-order valence-electron chi connectivity index (χ3n) is 15.7. The van der Waals surface area contributed by atoms with Gasteiger partial charge in [0.1, 0.15) is 5.58 Å². The van der Waals surface area contributed by atoms with Crippen molar-refractivity contribution in [3.63, 3.8) is 0 Å². The monoisotopic (exact) mass is 906 g/mol. The molecule has 3 aliphatic rings. The van der Waals surface area contributed by atoms with Crippen LogP contribution in [0.1, 0.15) is 131 Å². The number of nitrogens with zero attached hydrogens (tertiary/aromatic N) is 3. The number of benzene rings is 7. The number of para-hydroxylation sites is 3. The Bertz CT molecular complexity index is 3250. The molecule has 69 heavy (non-hydrogen) atoms. The van der Waals surface area contributed by atoms with Crippen LogP contribution < -0.4 is 31.3 Å². The fourth-order valence-electron chi connectivity index (χ4n) is 11.7. The molecule has 0 radical (unpaired) electrons. The molecule has 8 aromatic rings. The molecule has 0 saturated heterocycles. The van der Waals surface area contributed by atoms with Crippen LogP contribution in [-0.4, -0.2) is 6.71 Å². The van der Waals surface area contributed by atoms with Crippen molar-refractivity contribution >= 4 is 85.5 Å².